The highest BCUT2D eigenvalue weighted by Gasteiger charge is 2.11. The SMILES string of the molecule is CCc1occc1-c1cnc(CCCl)o1. The molecule has 80 valence electrons. The maximum Gasteiger partial charge on any atom is 0.196 e. The molecule has 0 N–H and O–H groups in total. The Labute approximate surface area is 93.1 Å². The number of halogens is 1. The van der Waals surface area contributed by atoms with Gasteiger partial charge in [-0.1, -0.05) is 6.92 Å². The predicted octanol–water partition coefficient (Wildman–Crippen LogP) is 3.28. The topological polar surface area (TPSA) is 39.2 Å². The van der Waals surface area contributed by atoms with Crippen LogP contribution in [0, 0.1) is 0 Å². The Balaban J connectivity index is 2.28. The summed E-state index contributed by atoms with van der Waals surface area (Å²) in [5.41, 5.74) is 0.978. The van der Waals surface area contributed by atoms with Crippen molar-refractivity contribution in [1.29, 1.82) is 0 Å². The highest BCUT2D eigenvalue weighted by Crippen LogP contribution is 2.26. The lowest BCUT2D eigenvalue weighted by Crippen LogP contribution is -1.83. The molecule has 0 aromatic carbocycles. The molecule has 15 heavy (non-hydrogen) atoms. The van der Waals surface area contributed by atoms with E-state index in [1.165, 1.54) is 0 Å². The van der Waals surface area contributed by atoms with Gasteiger partial charge in [0, 0.05) is 18.7 Å². The Hall–Kier alpha value is -1.22. The van der Waals surface area contributed by atoms with Crippen LogP contribution in [0.5, 0.6) is 0 Å². The van der Waals surface area contributed by atoms with E-state index in [9.17, 15) is 0 Å². The number of aromatic nitrogens is 1. The van der Waals surface area contributed by atoms with Crippen molar-refractivity contribution in [2.75, 3.05) is 5.88 Å². The maximum atomic E-state index is 5.61. The summed E-state index contributed by atoms with van der Waals surface area (Å²) in [7, 11) is 0. The largest absolute Gasteiger partial charge is 0.469 e. The molecule has 2 heterocycles. The van der Waals surface area contributed by atoms with Gasteiger partial charge in [0.2, 0.25) is 0 Å². The molecule has 0 atom stereocenters. The second-order valence-corrected chi connectivity index (χ2v) is 3.55. The standard InChI is InChI=1S/C11H12ClNO2/c1-2-9-8(4-6-14-9)10-7-13-11(15-10)3-5-12/h4,6-7H,2-3,5H2,1H3. The van der Waals surface area contributed by atoms with Gasteiger partial charge in [-0.3, -0.25) is 0 Å². The van der Waals surface area contributed by atoms with E-state index in [0.29, 0.717) is 18.2 Å². The molecule has 0 radical (unpaired) electrons. The molecule has 0 fully saturated rings. The van der Waals surface area contributed by atoms with Gasteiger partial charge in [0.1, 0.15) is 5.76 Å². The van der Waals surface area contributed by atoms with Gasteiger partial charge in [0.05, 0.1) is 18.0 Å². The van der Waals surface area contributed by atoms with Crippen molar-refractivity contribution in [3.63, 3.8) is 0 Å². The van der Waals surface area contributed by atoms with Crippen molar-refractivity contribution in [3.8, 4) is 11.3 Å². The summed E-state index contributed by atoms with van der Waals surface area (Å²) in [4.78, 5) is 4.14. The molecule has 0 saturated carbocycles. The number of nitrogens with zero attached hydrogens (tertiary/aromatic N) is 1. The first-order chi connectivity index (χ1) is 7.35. The molecule has 2 aromatic heterocycles. The first kappa shape index (κ1) is 10.3. The Morgan fingerprint density at radius 1 is 1.47 bits per heavy atom. The molecule has 0 aliphatic rings. The Bertz CT molecular complexity index is 433. The summed E-state index contributed by atoms with van der Waals surface area (Å²) in [6, 6.07) is 1.89. The number of aryl methyl sites for hydroxylation is 2. The summed E-state index contributed by atoms with van der Waals surface area (Å²) >= 11 is 5.61. The van der Waals surface area contributed by atoms with E-state index in [-0.39, 0.29) is 0 Å². The van der Waals surface area contributed by atoms with Gasteiger partial charge in [-0.15, -0.1) is 11.6 Å². The van der Waals surface area contributed by atoms with Gasteiger partial charge in [-0.05, 0) is 6.07 Å². The Morgan fingerprint density at radius 2 is 2.33 bits per heavy atom. The van der Waals surface area contributed by atoms with Crippen LogP contribution in [-0.4, -0.2) is 10.9 Å². The number of hydrogen-bond acceptors (Lipinski definition) is 3. The van der Waals surface area contributed by atoms with Crippen LogP contribution in [0.1, 0.15) is 18.6 Å². The summed E-state index contributed by atoms with van der Waals surface area (Å²) in [5, 5.41) is 0. The van der Waals surface area contributed by atoms with Gasteiger partial charge in [0.15, 0.2) is 11.7 Å². The number of rotatable bonds is 4. The number of hydrogen-bond donors (Lipinski definition) is 0. The van der Waals surface area contributed by atoms with Gasteiger partial charge < -0.3 is 8.83 Å². The molecule has 0 unspecified atom stereocenters. The third kappa shape index (κ3) is 2.07. The zero-order chi connectivity index (χ0) is 10.7. The van der Waals surface area contributed by atoms with Gasteiger partial charge in [0.25, 0.3) is 0 Å². The Morgan fingerprint density at radius 3 is 3.07 bits per heavy atom. The fraction of sp³-hybridized carbons (Fsp3) is 0.364. The summed E-state index contributed by atoms with van der Waals surface area (Å²) in [6.07, 6.45) is 4.87. The van der Waals surface area contributed by atoms with Crippen LogP contribution in [0.4, 0.5) is 0 Å². The van der Waals surface area contributed by atoms with Crippen LogP contribution in [0.15, 0.2) is 27.4 Å². The van der Waals surface area contributed by atoms with Crippen molar-refractivity contribution >= 4 is 11.6 Å². The second-order valence-electron chi connectivity index (χ2n) is 3.17. The van der Waals surface area contributed by atoms with Crippen molar-refractivity contribution < 1.29 is 8.83 Å². The lowest BCUT2D eigenvalue weighted by atomic mass is 10.2. The first-order valence-electron chi connectivity index (χ1n) is 4.92. The minimum Gasteiger partial charge on any atom is -0.469 e. The van der Waals surface area contributed by atoms with Crippen molar-refractivity contribution in [2.45, 2.75) is 19.8 Å². The van der Waals surface area contributed by atoms with Crippen molar-refractivity contribution in [2.24, 2.45) is 0 Å². The molecular formula is C11H12ClNO2. The lowest BCUT2D eigenvalue weighted by molar-refractivity contribution is 0.501. The predicted molar refractivity (Wildman–Crippen MR) is 58.0 cm³/mol. The van der Waals surface area contributed by atoms with Gasteiger partial charge in [-0.25, -0.2) is 4.98 Å². The number of alkyl halides is 1. The average molecular weight is 226 g/mol. The van der Waals surface area contributed by atoms with Crippen LogP contribution in [-0.2, 0) is 12.8 Å². The van der Waals surface area contributed by atoms with Crippen molar-refractivity contribution in [3.05, 3.63) is 30.2 Å². The first-order valence-corrected chi connectivity index (χ1v) is 5.46. The van der Waals surface area contributed by atoms with Gasteiger partial charge in [-0.2, -0.15) is 0 Å². The van der Waals surface area contributed by atoms with Crippen LogP contribution >= 0.6 is 11.6 Å². The second kappa shape index (κ2) is 4.53. The lowest BCUT2D eigenvalue weighted by Gasteiger charge is -1.94. The Kier molecular flexibility index (Phi) is 3.11. The fourth-order valence-corrected chi connectivity index (χ4v) is 1.63. The molecule has 0 aliphatic carbocycles. The number of oxazole rings is 1. The van der Waals surface area contributed by atoms with E-state index in [2.05, 4.69) is 4.98 Å². The molecule has 0 bridgehead atoms. The monoisotopic (exact) mass is 225 g/mol. The summed E-state index contributed by atoms with van der Waals surface area (Å²) in [5.74, 6) is 2.86. The maximum absolute atomic E-state index is 5.61. The average Bonchev–Trinajstić information content (AvgIpc) is 2.84. The van der Waals surface area contributed by atoms with Crippen LogP contribution in [0.3, 0.4) is 0 Å². The van der Waals surface area contributed by atoms with E-state index < -0.39 is 0 Å². The van der Waals surface area contributed by atoms with E-state index in [0.717, 1.165) is 23.5 Å². The smallest absolute Gasteiger partial charge is 0.196 e. The van der Waals surface area contributed by atoms with E-state index in [1.807, 2.05) is 13.0 Å². The van der Waals surface area contributed by atoms with E-state index >= 15 is 0 Å². The van der Waals surface area contributed by atoms with E-state index in [4.69, 9.17) is 20.4 Å². The van der Waals surface area contributed by atoms with E-state index in [1.54, 1.807) is 12.5 Å². The van der Waals surface area contributed by atoms with Crippen LogP contribution in [0.2, 0.25) is 0 Å². The zero-order valence-corrected chi connectivity index (χ0v) is 9.25. The van der Waals surface area contributed by atoms with Gasteiger partial charge >= 0.3 is 0 Å². The minimum atomic E-state index is 0.520. The minimum absolute atomic E-state index is 0.520. The summed E-state index contributed by atoms with van der Waals surface area (Å²) < 4.78 is 10.9. The zero-order valence-electron chi connectivity index (χ0n) is 8.50. The molecular weight excluding hydrogens is 214 g/mol. The highest BCUT2D eigenvalue weighted by molar-refractivity contribution is 6.17. The molecule has 4 heteroatoms. The quantitative estimate of drug-likeness (QED) is 0.750. The normalized spacial score (nSPS) is 10.8. The molecule has 0 spiro atoms. The number of furan rings is 1. The molecule has 0 amide bonds. The van der Waals surface area contributed by atoms with Crippen molar-refractivity contribution in [1.82, 2.24) is 4.98 Å². The third-order valence-corrected chi connectivity index (χ3v) is 2.38. The van der Waals surface area contributed by atoms with Crippen LogP contribution in [0.25, 0.3) is 11.3 Å². The molecule has 3 nitrogen and oxygen atoms in total. The molecule has 0 aliphatic heterocycles. The fourth-order valence-electron chi connectivity index (χ4n) is 1.47. The summed E-state index contributed by atoms with van der Waals surface area (Å²) in [6.45, 7) is 2.04. The van der Waals surface area contributed by atoms with Crippen LogP contribution < -0.4 is 0 Å². The highest BCUT2D eigenvalue weighted by atomic mass is 35.5. The third-order valence-electron chi connectivity index (χ3n) is 2.19. The molecule has 0 saturated heterocycles. The molecule has 2 rings (SSSR count). The molecule has 2 aromatic rings.